The molecule has 0 aliphatic heterocycles. The number of hydrogen-bond acceptors (Lipinski definition) is 5. The van der Waals surface area contributed by atoms with Gasteiger partial charge in [0.1, 0.15) is 0 Å². The number of benzene rings is 1. The molecule has 2 N–H and O–H groups in total. The fraction of sp³-hybridized carbons (Fsp3) is 0.176. The van der Waals surface area contributed by atoms with Crippen molar-refractivity contribution in [2.75, 3.05) is 5.32 Å². The Labute approximate surface area is 160 Å². The highest BCUT2D eigenvalue weighted by molar-refractivity contribution is 7.17. The second kappa shape index (κ2) is 7.08. The molecule has 11 heteroatoms. The van der Waals surface area contributed by atoms with Crippen LogP contribution in [0.25, 0.3) is 5.69 Å². The molecule has 0 fully saturated rings. The average Bonchev–Trinajstić information content (AvgIpc) is 3.19. The lowest BCUT2D eigenvalue weighted by Gasteiger charge is -2.16. The van der Waals surface area contributed by atoms with E-state index in [0.717, 1.165) is 6.07 Å². The maximum Gasteiger partial charge on any atom is 0.418 e. The van der Waals surface area contributed by atoms with E-state index >= 15 is 0 Å². The molecule has 0 unspecified atom stereocenters. The molecule has 0 spiro atoms. The molecule has 2 aromatic heterocycles. The van der Waals surface area contributed by atoms with Gasteiger partial charge < -0.3 is 9.67 Å². The Morgan fingerprint density at radius 1 is 1.18 bits per heavy atom. The third-order valence-corrected chi connectivity index (χ3v) is 4.78. The van der Waals surface area contributed by atoms with Crippen LogP contribution in [0.4, 0.5) is 18.3 Å². The van der Waals surface area contributed by atoms with Gasteiger partial charge in [-0.05, 0) is 32.0 Å². The molecule has 0 atom stereocenters. The maximum atomic E-state index is 13.4. The first-order valence-electron chi connectivity index (χ1n) is 7.83. The number of aromatic carboxylic acids is 1. The SMILES string of the molecule is Cc1cc(C(=O)Nc2nnc(C(=O)O)s2)c(C)n1-c1ccccc1C(F)(F)F. The first-order chi connectivity index (χ1) is 13.1. The summed E-state index contributed by atoms with van der Waals surface area (Å²) < 4.78 is 41.4. The largest absolute Gasteiger partial charge is 0.476 e. The van der Waals surface area contributed by atoms with Crippen LogP contribution in [-0.4, -0.2) is 31.7 Å². The summed E-state index contributed by atoms with van der Waals surface area (Å²) in [6.07, 6.45) is -4.55. The van der Waals surface area contributed by atoms with E-state index in [1.165, 1.54) is 35.8 Å². The number of carbonyl (C=O) groups excluding carboxylic acids is 1. The minimum Gasteiger partial charge on any atom is -0.476 e. The van der Waals surface area contributed by atoms with Crippen molar-refractivity contribution in [1.29, 1.82) is 0 Å². The van der Waals surface area contributed by atoms with Crippen LogP contribution in [0, 0.1) is 13.8 Å². The summed E-state index contributed by atoms with van der Waals surface area (Å²) in [5, 5.41) is 17.9. The van der Waals surface area contributed by atoms with Crippen molar-refractivity contribution >= 4 is 28.3 Å². The molecule has 0 bridgehead atoms. The van der Waals surface area contributed by atoms with Crippen molar-refractivity contribution in [1.82, 2.24) is 14.8 Å². The number of nitrogens with zero attached hydrogens (tertiary/aromatic N) is 3. The summed E-state index contributed by atoms with van der Waals surface area (Å²) in [6, 6.07) is 6.54. The van der Waals surface area contributed by atoms with Crippen molar-refractivity contribution in [2.45, 2.75) is 20.0 Å². The average molecular weight is 410 g/mol. The van der Waals surface area contributed by atoms with E-state index in [1.54, 1.807) is 6.92 Å². The Balaban J connectivity index is 1.99. The summed E-state index contributed by atoms with van der Waals surface area (Å²) in [5.41, 5.74) is -0.0359. The number of aryl methyl sites for hydroxylation is 1. The summed E-state index contributed by atoms with van der Waals surface area (Å²) in [5.74, 6) is -1.91. The quantitative estimate of drug-likeness (QED) is 0.680. The number of anilines is 1. The van der Waals surface area contributed by atoms with E-state index in [4.69, 9.17) is 5.11 Å². The van der Waals surface area contributed by atoms with Gasteiger partial charge in [-0.1, -0.05) is 23.5 Å². The first kappa shape index (κ1) is 19.5. The fourth-order valence-electron chi connectivity index (χ4n) is 2.80. The highest BCUT2D eigenvalue weighted by Crippen LogP contribution is 2.35. The molecule has 0 saturated carbocycles. The van der Waals surface area contributed by atoms with E-state index < -0.39 is 23.6 Å². The first-order valence-corrected chi connectivity index (χ1v) is 8.65. The van der Waals surface area contributed by atoms with Gasteiger partial charge in [0.15, 0.2) is 0 Å². The summed E-state index contributed by atoms with van der Waals surface area (Å²) >= 11 is 0.674. The minimum absolute atomic E-state index is 0.0251. The van der Waals surface area contributed by atoms with Gasteiger partial charge in [0, 0.05) is 11.4 Å². The number of carboxylic acids is 1. The molecule has 0 saturated heterocycles. The molecule has 7 nitrogen and oxygen atoms in total. The van der Waals surface area contributed by atoms with E-state index in [9.17, 15) is 22.8 Å². The molecule has 2 heterocycles. The van der Waals surface area contributed by atoms with Crippen LogP contribution < -0.4 is 5.32 Å². The van der Waals surface area contributed by atoms with Crippen molar-refractivity contribution < 1.29 is 27.9 Å². The fourth-order valence-corrected chi connectivity index (χ4v) is 3.37. The van der Waals surface area contributed by atoms with Gasteiger partial charge in [-0.15, -0.1) is 10.2 Å². The molecular weight excluding hydrogens is 397 g/mol. The monoisotopic (exact) mass is 410 g/mol. The van der Waals surface area contributed by atoms with E-state index in [0.29, 0.717) is 22.7 Å². The van der Waals surface area contributed by atoms with Crippen LogP contribution >= 0.6 is 11.3 Å². The number of para-hydroxylation sites is 1. The Hall–Kier alpha value is -3.21. The van der Waals surface area contributed by atoms with Gasteiger partial charge in [0.2, 0.25) is 10.1 Å². The molecule has 0 radical (unpaired) electrons. The van der Waals surface area contributed by atoms with Crippen LogP contribution in [0.3, 0.4) is 0 Å². The van der Waals surface area contributed by atoms with Gasteiger partial charge in [-0.3, -0.25) is 10.1 Å². The molecule has 3 rings (SSSR count). The van der Waals surface area contributed by atoms with E-state index in [2.05, 4.69) is 15.5 Å². The van der Waals surface area contributed by atoms with Crippen LogP contribution in [-0.2, 0) is 6.18 Å². The van der Waals surface area contributed by atoms with Crippen LogP contribution in [0.15, 0.2) is 30.3 Å². The zero-order valence-electron chi connectivity index (χ0n) is 14.5. The van der Waals surface area contributed by atoms with Gasteiger partial charge in [0.05, 0.1) is 16.8 Å². The second-order valence-corrected chi connectivity index (χ2v) is 6.78. The molecule has 3 aromatic rings. The molecule has 1 aromatic carbocycles. The van der Waals surface area contributed by atoms with Gasteiger partial charge >= 0.3 is 12.1 Å². The molecular formula is C17H13F3N4O3S. The number of carbonyl (C=O) groups is 2. The Bertz CT molecular complexity index is 1070. The van der Waals surface area contributed by atoms with Gasteiger partial charge in [0.25, 0.3) is 5.91 Å². The molecule has 146 valence electrons. The number of aromatic nitrogens is 3. The highest BCUT2D eigenvalue weighted by atomic mass is 32.1. The minimum atomic E-state index is -4.55. The third kappa shape index (κ3) is 3.60. The van der Waals surface area contributed by atoms with Crippen molar-refractivity contribution in [3.8, 4) is 5.69 Å². The third-order valence-electron chi connectivity index (χ3n) is 3.95. The predicted molar refractivity (Wildman–Crippen MR) is 95.1 cm³/mol. The number of halogens is 3. The zero-order valence-corrected chi connectivity index (χ0v) is 15.4. The lowest BCUT2D eigenvalue weighted by atomic mass is 10.1. The molecule has 0 aliphatic carbocycles. The zero-order chi connectivity index (χ0) is 20.6. The van der Waals surface area contributed by atoms with Crippen LogP contribution in [0.5, 0.6) is 0 Å². The van der Waals surface area contributed by atoms with Gasteiger partial charge in [-0.25, -0.2) is 4.79 Å². The standard InChI is InChI=1S/C17H13F3N4O3S/c1-8-7-10(13(25)21-16-23-22-14(28-16)15(26)27)9(2)24(8)12-6-4-3-5-11(12)17(18,19)20/h3-7H,1-2H3,(H,26,27)(H,21,23,25). The van der Waals surface area contributed by atoms with Crippen molar-refractivity contribution in [2.24, 2.45) is 0 Å². The number of rotatable bonds is 4. The Morgan fingerprint density at radius 3 is 2.46 bits per heavy atom. The van der Waals surface area contributed by atoms with E-state index in [1.807, 2.05) is 0 Å². The maximum absolute atomic E-state index is 13.4. The molecule has 1 amide bonds. The number of carboxylic acid groups (broad SMARTS) is 1. The number of amides is 1. The van der Waals surface area contributed by atoms with Crippen LogP contribution in [0.1, 0.15) is 37.1 Å². The predicted octanol–water partition coefficient (Wildman–Crippen LogP) is 3.91. The normalized spacial score (nSPS) is 11.5. The van der Waals surface area contributed by atoms with Gasteiger partial charge in [-0.2, -0.15) is 13.2 Å². The summed E-state index contributed by atoms with van der Waals surface area (Å²) in [6.45, 7) is 3.11. The van der Waals surface area contributed by atoms with Crippen molar-refractivity contribution in [3.05, 3.63) is 57.9 Å². The Morgan fingerprint density at radius 2 is 1.86 bits per heavy atom. The smallest absolute Gasteiger partial charge is 0.418 e. The lowest BCUT2D eigenvalue weighted by Crippen LogP contribution is -2.14. The topological polar surface area (TPSA) is 97.1 Å². The number of nitrogens with one attached hydrogen (secondary N) is 1. The summed E-state index contributed by atoms with van der Waals surface area (Å²) in [4.78, 5) is 23.4. The van der Waals surface area contributed by atoms with E-state index in [-0.39, 0.29) is 21.4 Å². The second-order valence-electron chi connectivity index (χ2n) is 5.81. The number of hydrogen-bond donors (Lipinski definition) is 2. The molecule has 0 aliphatic rings. The lowest BCUT2D eigenvalue weighted by molar-refractivity contribution is -0.137. The molecule has 28 heavy (non-hydrogen) atoms. The van der Waals surface area contributed by atoms with Crippen molar-refractivity contribution in [3.63, 3.8) is 0 Å². The highest BCUT2D eigenvalue weighted by Gasteiger charge is 2.34. The number of alkyl halides is 3. The van der Waals surface area contributed by atoms with Crippen LogP contribution in [0.2, 0.25) is 0 Å². The Kier molecular flexibility index (Phi) is 4.94. The summed E-state index contributed by atoms with van der Waals surface area (Å²) in [7, 11) is 0.